The summed E-state index contributed by atoms with van der Waals surface area (Å²) in [6.07, 6.45) is 4.92. The lowest BCUT2D eigenvalue weighted by molar-refractivity contribution is -0.133. The quantitative estimate of drug-likeness (QED) is 0.831. The van der Waals surface area contributed by atoms with Crippen LogP contribution in [0.4, 0.5) is 0 Å². The molecule has 1 N–H and O–H groups in total. The van der Waals surface area contributed by atoms with E-state index in [1.807, 2.05) is 6.07 Å². The highest BCUT2D eigenvalue weighted by Crippen LogP contribution is 2.18. The smallest absolute Gasteiger partial charge is 0.243 e. The maximum Gasteiger partial charge on any atom is 0.243 e. The summed E-state index contributed by atoms with van der Waals surface area (Å²) >= 11 is 11.0. The lowest BCUT2D eigenvalue weighted by atomic mass is 10.0. The van der Waals surface area contributed by atoms with E-state index in [-0.39, 0.29) is 23.5 Å². The summed E-state index contributed by atoms with van der Waals surface area (Å²) in [5, 5.41) is 3.39. The van der Waals surface area contributed by atoms with E-state index in [9.17, 15) is 9.59 Å². The minimum atomic E-state index is -0.581. The van der Waals surface area contributed by atoms with Crippen LogP contribution >= 0.6 is 23.8 Å². The second-order valence-electron chi connectivity index (χ2n) is 5.22. The summed E-state index contributed by atoms with van der Waals surface area (Å²) < 4.78 is 0. The predicted octanol–water partition coefficient (Wildman–Crippen LogP) is 1.74. The number of allylic oxidation sites excluding steroid dienone is 1. The molecule has 1 atom stereocenters. The SMILES string of the molecule is O=C(CN1C(=O)C2C=CC=NC2=NC1=S)NCc1cccc(Cl)c1. The van der Waals surface area contributed by atoms with Crippen LogP contribution < -0.4 is 5.32 Å². The molecule has 2 aliphatic heterocycles. The molecule has 6 nitrogen and oxygen atoms in total. The molecule has 0 aliphatic carbocycles. The molecule has 122 valence electrons. The average molecular weight is 361 g/mol. The van der Waals surface area contributed by atoms with E-state index < -0.39 is 5.92 Å². The average Bonchev–Trinajstić information content (AvgIpc) is 2.57. The Kier molecular flexibility index (Phi) is 4.82. The van der Waals surface area contributed by atoms with Crippen LogP contribution in [0.5, 0.6) is 0 Å². The third-order valence-electron chi connectivity index (χ3n) is 3.53. The van der Waals surface area contributed by atoms with Crippen LogP contribution in [0.25, 0.3) is 0 Å². The van der Waals surface area contributed by atoms with Crippen molar-refractivity contribution in [3.63, 3.8) is 0 Å². The lowest BCUT2D eigenvalue weighted by Gasteiger charge is -2.29. The largest absolute Gasteiger partial charge is 0.350 e. The van der Waals surface area contributed by atoms with Crippen molar-refractivity contribution >= 4 is 52.8 Å². The summed E-state index contributed by atoms with van der Waals surface area (Å²) in [5.74, 6) is -0.839. The molecule has 0 saturated carbocycles. The fourth-order valence-corrected chi connectivity index (χ4v) is 2.81. The molecule has 0 fully saturated rings. The van der Waals surface area contributed by atoms with Gasteiger partial charge >= 0.3 is 0 Å². The fraction of sp³-hybridized carbons (Fsp3) is 0.188. The number of hydrogen-bond acceptors (Lipinski definition) is 4. The number of benzene rings is 1. The van der Waals surface area contributed by atoms with Gasteiger partial charge in [0, 0.05) is 17.8 Å². The zero-order valence-electron chi connectivity index (χ0n) is 12.5. The van der Waals surface area contributed by atoms with E-state index in [2.05, 4.69) is 15.3 Å². The molecule has 1 aromatic rings. The Hall–Kier alpha value is -2.38. The molecule has 0 bridgehead atoms. The minimum absolute atomic E-state index is 0.0524. The third-order valence-corrected chi connectivity index (χ3v) is 4.07. The van der Waals surface area contributed by atoms with Gasteiger partial charge in [-0.15, -0.1) is 0 Å². The first kappa shape index (κ1) is 16.5. The Labute approximate surface area is 148 Å². The van der Waals surface area contributed by atoms with Crippen LogP contribution in [0, 0.1) is 5.92 Å². The monoisotopic (exact) mass is 360 g/mol. The molecule has 3 rings (SSSR count). The van der Waals surface area contributed by atoms with Gasteiger partial charge in [-0.25, -0.2) is 9.98 Å². The van der Waals surface area contributed by atoms with Crippen molar-refractivity contribution in [3.8, 4) is 0 Å². The van der Waals surface area contributed by atoms with Crippen molar-refractivity contribution in [1.29, 1.82) is 0 Å². The number of dihydropyridines is 1. The van der Waals surface area contributed by atoms with Gasteiger partial charge in [0.25, 0.3) is 0 Å². The lowest BCUT2D eigenvalue weighted by Crippen LogP contribution is -2.49. The highest BCUT2D eigenvalue weighted by atomic mass is 35.5. The number of rotatable bonds is 4. The number of nitrogens with zero attached hydrogens (tertiary/aromatic N) is 3. The highest BCUT2D eigenvalue weighted by Gasteiger charge is 2.35. The van der Waals surface area contributed by atoms with Crippen molar-refractivity contribution in [1.82, 2.24) is 10.2 Å². The minimum Gasteiger partial charge on any atom is -0.350 e. The molecular weight excluding hydrogens is 348 g/mol. The van der Waals surface area contributed by atoms with Gasteiger partial charge in [-0.3, -0.25) is 14.5 Å². The Morgan fingerprint density at radius 3 is 3.04 bits per heavy atom. The number of thiocarbonyl (C=S) groups is 1. The summed E-state index contributed by atoms with van der Waals surface area (Å²) in [6, 6.07) is 7.18. The molecule has 1 unspecified atom stereocenters. The van der Waals surface area contributed by atoms with Crippen LogP contribution in [0.1, 0.15) is 5.56 Å². The topological polar surface area (TPSA) is 74.1 Å². The van der Waals surface area contributed by atoms with Crippen molar-refractivity contribution in [2.24, 2.45) is 15.9 Å². The first-order valence-electron chi connectivity index (χ1n) is 7.20. The summed E-state index contributed by atoms with van der Waals surface area (Å²) in [6.45, 7) is 0.138. The summed E-state index contributed by atoms with van der Waals surface area (Å²) in [4.78, 5) is 33.9. The molecule has 2 amide bonds. The second kappa shape index (κ2) is 7.02. The molecular formula is C16H13ClN4O2S. The third kappa shape index (κ3) is 3.58. The van der Waals surface area contributed by atoms with Gasteiger partial charge in [-0.05, 0) is 36.0 Å². The second-order valence-corrected chi connectivity index (χ2v) is 6.03. The van der Waals surface area contributed by atoms with Crippen molar-refractivity contribution < 1.29 is 9.59 Å². The van der Waals surface area contributed by atoms with Crippen LogP contribution in [-0.2, 0) is 16.1 Å². The van der Waals surface area contributed by atoms with Gasteiger partial charge in [0.05, 0.1) is 0 Å². The number of carbonyl (C=O) groups excluding carboxylic acids is 2. The number of amides is 2. The van der Waals surface area contributed by atoms with Gasteiger partial charge in [0.1, 0.15) is 18.3 Å². The van der Waals surface area contributed by atoms with Crippen molar-refractivity contribution in [2.45, 2.75) is 6.54 Å². The van der Waals surface area contributed by atoms with E-state index in [1.165, 1.54) is 4.90 Å². The van der Waals surface area contributed by atoms with Crippen LogP contribution in [0.2, 0.25) is 5.02 Å². The zero-order valence-corrected chi connectivity index (χ0v) is 14.0. The van der Waals surface area contributed by atoms with Gasteiger partial charge in [-0.1, -0.05) is 29.8 Å². The first-order chi connectivity index (χ1) is 11.5. The number of nitrogens with one attached hydrogen (secondary N) is 1. The molecule has 2 aliphatic rings. The number of aliphatic imine (C=N–C) groups is 2. The van der Waals surface area contributed by atoms with E-state index in [4.69, 9.17) is 23.8 Å². The molecule has 0 aromatic heterocycles. The Bertz CT molecular complexity index is 803. The standard InChI is InChI=1S/C16H13ClN4O2S/c17-11-4-1-3-10(7-11)8-19-13(22)9-21-15(23)12-5-2-6-18-14(12)20-16(21)24/h1-7,12H,8-9H2,(H,19,22). The predicted molar refractivity (Wildman–Crippen MR) is 96.2 cm³/mol. The molecule has 24 heavy (non-hydrogen) atoms. The number of halogens is 1. The van der Waals surface area contributed by atoms with Crippen LogP contribution in [0.15, 0.2) is 46.4 Å². The highest BCUT2D eigenvalue weighted by molar-refractivity contribution is 7.80. The molecule has 2 heterocycles. The molecule has 8 heteroatoms. The Morgan fingerprint density at radius 1 is 1.42 bits per heavy atom. The van der Waals surface area contributed by atoms with Gasteiger partial charge in [0.15, 0.2) is 0 Å². The maximum atomic E-state index is 12.5. The first-order valence-corrected chi connectivity index (χ1v) is 7.99. The number of hydrogen-bond donors (Lipinski definition) is 1. The molecule has 0 saturated heterocycles. The van der Waals surface area contributed by atoms with E-state index in [0.29, 0.717) is 17.4 Å². The maximum absolute atomic E-state index is 12.5. The molecule has 0 spiro atoms. The number of fused-ring (bicyclic) bond motifs is 1. The van der Waals surface area contributed by atoms with Crippen LogP contribution in [-0.4, -0.2) is 40.4 Å². The van der Waals surface area contributed by atoms with Crippen molar-refractivity contribution in [3.05, 3.63) is 47.0 Å². The van der Waals surface area contributed by atoms with Gasteiger partial charge < -0.3 is 5.32 Å². The number of carbonyl (C=O) groups is 2. The Morgan fingerprint density at radius 2 is 2.25 bits per heavy atom. The molecule has 0 radical (unpaired) electrons. The van der Waals surface area contributed by atoms with E-state index >= 15 is 0 Å². The number of amidine groups is 1. The van der Waals surface area contributed by atoms with E-state index in [1.54, 1.807) is 36.6 Å². The van der Waals surface area contributed by atoms with E-state index in [0.717, 1.165) is 5.56 Å². The summed E-state index contributed by atoms with van der Waals surface area (Å²) in [7, 11) is 0. The summed E-state index contributed by atoms with van der Waals surface area (Å²) in [5.41, 5.74) is 0.869. The van der Waals surface area contributed by atoms with Gasteiger partial charge in [-0.2, -0.15) is 0 Å². The zero-order chi connectivity index (χ0) is 17.1. The normalized spacial score (nSPS) is 19.1. The molecule has 1 aromatic carbocycles. The van der Waals surface area contributed by atoms with Crippen LogP contribution in [0.3, 0.4) is 0 Å². The van der Waals surface area contributed by atoms with Gasteiger partial charge in [0.2, 0.25) is 16.9 Å². The fourth-order valence-electron chi connectivity index (χ4n) is 2.35. The Balaban J connectivity index is 1.63. The van der Waals surface area contributed by atoms with Crippen molar-refractivity contribution in [2.75, 3.05) is 6.54 Å².